The maximum Gasteiger partial charge on any atom is 0.0543 e. The molecular weight excluding hydrogens is 549 g/mol. The van der Waals surface area contributed by atoms with Crippen molar-refractivity contribution in [1.82, 2.24) is 0 Å². The van der Waals surface area contributed by atoms with Crippen molar-refractivity contribution < 1.29 is 0 Å². The van der Waals surface area contributed by atoms with Crippen LogP contribution >= 0.6 is 7.53 Å². The first-order chi connectivity index (χ1) is 21.4. The summed E-state index contributed by atoms with van der Waals surface area (Å²) in [5.74, 6) is 0.367. The second-order valence-electron chi connectivity index (χ2n) is 14.1. The highest BCUT2D eigenvalue weighted by atomic mass is 31.1. The van der Waals surface area contributed by atoms with E-state index in [9.17, 15) is 0 Å². The van der Waals surface area contributed by atoms with Crippen LogP contribution < -0.4 is 4.90 Å². The molecule has 3 heterocycles. The lowest BCUT2D eigenvalue weighted by Gasteiger charge is -2.51. The molecule has 9 rings (SSSR count). The number of fused-ring (bicyclic) bond motifs is 6. The molecule has 2 aliphatic carbocycles. The first kappa shape index (κ1) is 26.4. The summed E-state index contributed by atoms with van der Waals surface area (Å²) in [4.78, 5) is 2.60. The van der Waals surface area contributed by atoms with Crippen LogP contribution in [0.15, 0.2) is 120 Å². The molecule has 0 N–H and O–H groups in total. The molecule has 0 bridgehead atoms. The Bertz CT molecular complexity index is 2100. The molecule has 2 aliphatic heterocycles. The number of para-hydroxylation sites is 2. The van der Waals surface area contributed by atoms with Gasteiger partial charge in [-0.2, -0.15) is 0 Å². The molecule has 5 aromatic rings. The third-order valence-electron chi connectivity index (χ3n) is 11.1. The molecule has 2 heteroatoms. The van der Waals surface area contributed by atoms with Crippen molar-refractivity contribution in [2.45, 2.75) is 63.7 Å². The Balaban J connectivity index is 1.18. The molecule has 0 radical (unpaired) electrons. The van der Waals surface area contributed by atoms with Crippen LogP contribution in [0.1, 0.15) is 79.6 Å². The van der Waals surface area contributed by atoms with Crippen molar-refractivity contribution in [3.63, 3.8) is 0 Å². The Labute approximate surface area is 262 Å². The van der Waals surface area contributed by atoms with Crippen LogP contribution in [0.3, 0.4) is 0 Å². The van der Waals surface area contributed by atoms with E-state index in [0.717, 1.165) is 19.3 Å². The molecule has 216 valence electrons. The highest BCUT2D eigenvalue weighted by Gasteiger charge is 2.46. The van der Waals surface area contributed by atoms with Gasteiger partial charge in [-0.3, -0.25) is 0 Å². The summed E-state index contributed by atoms with van der Waals surface area (Å²) in [7, 11) is -0.479. The average Bonchev–Trinajstić information content (AvgIpc) is 3.38. The van der Waals surface area contributed by atoms with Crippen LogP contribution in [-0.4, -0.2) is 0 Å². The van der Waals surface area contributed by atoms with E-state index in [1.807, 2.05) is 0 Å². The zero-order chi connectivity index (χ0) is 29.8. The van der Waals surface area contributed by atoms with Gasteiger partial charge in [-0.1, -0.05) is 126 Å². The molecule has 0 spiro atoms. The van der Waals surface area contributed by atoms with Crippen LogP contribution in [0.2, 0.25) is 0 Å². The lowest BCUT2D eigenvalue weighted by molar-refractivity contribution is 0.543. The van der Waals surface area contributed by atoms with Crippen molar-refractivity contribution in [3.05, 3.63) is 154 Å². The Kier molecular flexibility index (Phi) is 5.53. The summed E-state index contributed by atoms with van der Waals surface area (Å²) in [6, 6.07) is 34.8. The van der Waals surface area contributed by atoms with Crippen LogP contribution in [0.4, 0.5) is 11.4 Å². The normalized spacial score (nSPS) is 20.7. The number of hydrogen-bond acceptors (Lipinski definition) is 1. The molecule has 1 nitrogen and oxygen atoms in total. The van der Waals surface area contributed by atoms with E-state index < -0.39 is 7.53 Å². The van der Waals surface area contributed by atoms with E-state index >= 15 is 0 Å². The molecule has 2 atom stereocenters. The lowest BCUT2D eigenvalue weighted by atomic mass is 9.64. The Morgan fingerprint density at radius 2 is 1.50 bits per heavy atom. The molecule has 1 aromatic heterocycles. The number of nitrogens with zero attached hydrogens (tertiary/aromatic N) is 1. The zero-order valence-electron chi connectivity index (χ0n) is 26.1. The van der Waals surface area contributed by atoms with Crippen LogP contribution in [0.5, 0.6) is 0 Å². The highest BCUT2D eigenvalue weighted by molar-refractivity contribution is 7.64. The molecular formula is C42H38NP. The number of anilines is 2. The van der Waals surface area contributed by atoms with Gasteiger partial charge in [-0.15, -0.1) is 0 Å². The second kappa shape index (κ2) is 9.23. The van der Waals surface area contributed by atoms with Gasteiger partial charge in [0, 0.05) is 32.9 Å². The van der Waals surface area contributed by atoms with Crippen LogP contribution in [0, 0.1) is 0 Å². The average molecular weight is 588 g/mol. The van der Waals surface area contributed by atoms with Gasteiger partial charge in [0.15, 0.2) is 0 Å². The summed E-state index contributed by atoms with van der Waals surface area (Å²) in [6.07, 6.45) is 13.1. The molecule has 4 aliphatic rings. The number of aryl methyl sites for hydroxylation is 1. The summed E-state index contributed by atoms with van der Waals surface area (Å²) in [5, 5.41) is 6.09. The van der Waals surface area contributed by atoms with Crippen molar-refractivity contribution in [2.75, 3.05) is 4.90 Å². The minimum Gasteiger partial charge on any atom is -0.310 e. The Morgan fingerprint density at radius 3 is 2.34 bits per heavy atom. The maximum absolute atomic E-state index is 2.60. The fraction of sp³-hybridized carbons (Fsp3) is 0.238. The fourth-order valence-electron chi connectivity index (χ4n) is 8.72. The topological polar surface area (TPSA) is 3.24 Å². The van der Waals surface area contributed by atoms with Gasteiger partial charge < -0.3 is 4.90 Å². The van der Waals surface area contributed by atoms with Crippen LogP contribution in [0.25, 0.3) is 21.9 Å². The molecule has 44 heavy (non-hydrogen) atoms. The summed E-state index contributed by atoms with van der Waals surface area (Å²) in [6.45, 7) is 9.70. The van der Waals surface area contributed by atoms with Gasteiger partial charge in [0.25, 0.3) is 0 Å². The molecule has 0 saturated heterocycles. The lowest BCUT2D eigenvalue weighted by Crippen LogP contribution is -2.41. The minimum absolute atomic E-state index is 0.0427. The molecule has 0 amide bonds. The van der Waals surface area contributed by atoms with Gasteiger partial charge in [-0.25, -0.2) is 0 Å². The quantitative estimate of drug-likeness (QED) is 0.199. The smallest absolute Gasteiger partial charge is 0.0543 e. The number of rotatable bonds is 2. The van der Waals surface area contributed by atoms with E-state index in [1.54, 1.807) is 16.4 Å². The fourth-order valence-corrected chi connectivity index (χ4v) is 11.4. The molecule has 0 saturated carbocycles. The van der Waals surface area contributed by atoms with Crippen molar-refractivity contribution in [3.8, 4) is 5.30 Å². The Hall–Kier alpha value is -4.06. The minimum atomic E-state index is -0.479. The van der Waals surface area contributed by atoms with E-state index in [0.29, 0.717) is 5.92 Å². The predicted molar refractivity (Wildman–Crippen MR) is 189 cm³/mol. The number of hydrogen-bond donors (Lipinski definition) is 0. The summed E-state index contributed by atoms with van der Waals surface area (Å²) < 4.78 is 0. The molecule has 0 fully saturated rings. The van der Waals surface area contributed by atoms with Gasteiger partial charge in [0.2, 0.25) is 0 Å². The monoisotopic (exact) mass is 587 g/mol. The Morgan fingerprint density at radius 1 is 0.750 bits per heavy atom. The van der Waals surface area contributed by atoms with E-state index in [1.165, 1.54) is 55.1 Å². The van der Waals surface area contributed by atoms with Crippen LogP contribution in [-0.2, 0) is 17.3 Å². The SMILES string of the molecule is CC1(C)C2=C(C=CC(c3ccc4c(c3)c3c(p4-c4ccccc4)C=CCC3)C2)N2c3ccccc3C(C)(C)c3cccc1c32. The number of allylic oxidation sites excluding steroid dienone is 4. The predicted octanol–water partition coefficient (Wildman–Crippen LogP) is 11.8. The summed E-state index contributed by atoms with van der Waals surface area (Å²) in [5.41, 5.74) is 12.9. The van der Waals surface area contributed by atoms with Gasteiger partial charge >= 0.3 is 0 Å². The van der Waals surface area contributed by atoms with Crippen molar-refractivity contribution >= 4 is 35.5 Å². The molecule has 4 aromatic carbocycles. The number of benzene rings is 4. The summed E-state index contributed by atoms with van der Waals surface area (Å²) >= 11 is 0. The third-order valence-corrected chi connectivity index (χ3v) is 13.6. The zero-order valence-corrected chi connectivity index (χ0v) is 27.0. The van der Waals surface area contributed by atoms with E-state index in [4.69, 9.17) is 0 Å². The van der Waals surface area contributed by atoms with Gasteiger partial charge in [0.1, 0.15) is 0 Å². The van der Waals surface area contributed by atoms with Crippen molar-refractivity contribution in [2.24, 2.45) is 0 Å². The van der Waals surface area contributed by atoms with Gasteiger partial charge in [0.05, 0.1) is 11.4 Å². The van der Waals surface area contributed by atoms with E-state index in [2.05, 4.69) is 148 Å². The van der Waals surface area contributed by atoms with Gasteiger partial charge in [-0.05, 0) is 87.6 Å². The van der Waals surface area contributed by atoms with E-state index in [-0.39, 0.29) is 10.8 Å². The first-order valence-corrected chi connectivity index (χ1v) is 17.5. The highest BCUT2D eigenvalue weighted by Crippen LogP contribution is 2.60. The van der Waals surface area contributed by atoms with Crippen molar-refractivity contribution in [1.29, 1.82) is 0 Å². The molecule has 2 unspecified atom stereocenters. The second-order valence-corrected chi connectivity index (χ2v) is 16.2. The largest absolute Gasteiger partial charge is 0.310 e. The third kappa shape index (κ3) is 3.48. The maximum atomic E-state index is 2.60. The standard InChI is InChI=1S/C42H38NP/c1-41(2)32-16-9-10-19-36(32)43-37-23-21-28(26-35(37)42(3,4)34-18-12-17-33(41)40(34)43)27-22-24-39-31(25-27)30-15-8-11-20-38(30)44(39)29-13-6-5-7-14-29/h5-7,9-14,16-25,28H,8,15,26H2,1-4H3. The first-order valence-electron chi connectivity index (χ1n) is 16.2.